The van der Waals surface area contributed by atoms with Gasteiger partial charge in [0.05, 0.1) is 41.9 Å². The van der Waals surface area contributed by atoms with Crippen LogP contribution in [0.2, 0.25) is 0 Å². The normalized spacial score (nSPS) is 31.1. The number of carbonyl (C=O) groups excluding carboxylic acids is 3. The number of rotatable bonds is 4. The van der Waals surface area contributed by atoms with E-state index in [0.29, 0.717) is 0 Å². The van der Waals surface area contributed by atoms with Crippen LogP contribution in [0, 0.1) is 36.5 Å². The summed E-state index contributed by atoms with van der Waals surface area (Å²) in [6.45, 7) is 17.5. The summed E-state index contributed by atoms with van der Waals surface area (Å²) in [6, 6.07) is 0. The number of ether oxygens (including phenoxy) is 5. The van der Waals surface area contributed by atoms with Gasteiger partial charge in [-0.1, -0.05) is 59.8 Å². The van der Waals surface area contributed by atoms with Crippen LogP contribution in [0.15, 0.2) is 46.1 Å². The number of phenols is 2. The minimum atomic E-state index is -1.82. The molecule has 1 unspecified atom stereocenters. The van der Waals surface area contributed by atoms with Crippen molar-refractivity contribution in [3.8, 4) is 17.2 Å². The zero-order valence-electron chi connectivity index (χ0n) is 38.5. The Morgan fingerprint density at radius 2 is 1.61 bits per heavy atom. The van der Waals surface area contributed by atoms with E-state index >= 15 is 0 Å². The highest BCUT2D eigenvalue weighted by atomic mass is 16.7. The van der Waals surface area contributed by atoms with Crippen LogP contribution < -0.4 is 20.8 Å². The summed E-state index contributed by atoms with van der Waals surface area (Å²) in [5.41, 5.74) is -0.724. The van der Waals surface area contributed by atoms with Crippen LogP contribution >= 0.6 is 0 Å². The second-order valence-corrected chi connectivity index (χ2v) is 18.4. The Balaban J connectivity index is 1.52. The van der Waals surface area contributed by atoms with Crippen molar-refractivity contribution in [3.63, 3.8) is 0 Å². The number of piperidine rings is 1. The maximum atomic E-state index is 13.9. The molecule has 4 aliphatic heterocycles. The van der Waals surface area contributed by atoms with E-state index in [9.17, 15) is 39.9 Å². The molecule has 0 radical (unpaired) electrons. The molecule has 17 nitrogen and oxygen atoms in total. The lowest BCUT2D eigenvalue weighted by atomic mass is 9.78. The molecule has 64 heavy (non-hydrogen) atoms. The number of aliphatic hydroxyl groups is 3. The fraction of sp³-hybridized carbons (Fsp3) is 0.596. The SMILES string of the molecule is CO[C@H]1C=CO[C@@]2(C)Oc3c(C)c(O)c4c(O)c(c5c(c4c3C2O)=NC2(CCN(C(=O)OCC(C)C)CC2)N=5)NC(=O)C(C)=C/C=C\[C@H](C)[C@H](O)[C@@H](C)[C@@H](O)[C@@H](C)[C@H](OC(C)=O)[C@@H]1C. The fourth-order valence-electron chi connectivity index (χ4n) is 9.12. The van der Waals surface area contributed by atoms with E-state index in [1.807, 2.05) is 13.8 Å². The Morgan fingerprint density at radius 3 is 2.23 bits per heavy atom. The molecule has 6 N–H and O–H groups in total. The number of nitrogens with zero attached hydrogens (tertiary/aromatic N) is 3. The van der Waals surface area contributed by atoms with Gasteiger partial charge in [-0.05, 0) is 25.8 Å². The average Bonchev–Trinajstić information content (AvgIpc) is 3.75. The molecule has 350 valence electrons. The van der Waals surface area contributed by atoms with E-state index in [0.717, 1.165) is 0 Å². The van der Waals surface area contributed by atoms with Crippen molar-refractivity contribution in [2.45, 2.75) is 124 Å². The van der Waals surface area contributed by atoms with E-state index in [1.54, 1.807) is 64.7 Å². The first-order valence-electron chi connectivity index (χ1n) is 22.0. The average molecular weight is 893 g/mol. The minimum Gasteiger partial charge on any atom is -0.507 e. The third kappa shape index (κ3) is 9.04. The third-order valence-electron chi connectivity index (χ3n) is 13.2. The van der Waals surface area contributed by atoms with Gasteiger partial charge in [-0.25, -0.2) is 4.79 Å². The van der Waals surface area contributed by atoms with Crippen LogP contribution in [-0.2, 0) is 28.5 Å². The minimum absolute atomic E-state index is 0.0849. The number of likely N-dealkylation sites (tertiary alicyclic amines) is 1. The summed E-state index contributed by atoms with van der Waals surface area (Å²) in [4.78, 5) is 51.1. The second-order valence-electron chi connectivity index (χ2n) is 18.4. The molecule has 2 amide bonds. The number of carbonyl (C=O) groups is 3. The molecule has 2 aromatic carbocycles. The number of phenolic OH excluding ortho intramolecular Hbond substituents is 2. The molecular weight excluding hydrogens is 829 g/mol. The monoisotopic (exact) mass is 892 g/mol. The van der Waals surface area contributed by atoms with Gasteiger partial charge in [-0.15, -0.1) is 0 Å². The Bertz CT molecular complexity index is 2370. The maximum absolute atomic E-state index is 13.9. The van der Waals surface area contributed by atoms with Crippen molar-refractivity contribution in [2.75, 3.05) is 32.1 Å². The zero-order valence-corrected chi connectivity index (χ0v) is 38.5. The second kappa shape index (κ2) is 18.7. The summed E-state index contributed by atoms with van der Waals surface area (Å²) < 4.78 is 29.6. The molecule has 1 spiro atoms. The van der Waals surface area contributed by atoms with Crippen LogP contribution in [-0.4, -0.2) is 111 Å². The summed E-state index contributed by atoms with van der Waals surface area (Å²) >= 11 is 0. The molecular formula is C47H64N4O13. The van der Waals surface area contributed by atoms with E-state index in [2.05, 4.69) is 5.32 Å². The van der Waals surface area contributed by atoms with Crippen molar-refractivity contribution in [1.82, 2.24) is 4.90 Å². The lowest BCUT2D eigenvalue weighted by molar-refractivity contribution is -0.181. The number of fused-ring (bicyclic) bond motifs is 1. The number of methoxy groups -OCH3 is 1. The number of nitrogens with one attached hydrogen (secondary N) is 1. The van der Waals surface area contributed by atoms with Gasteiger partial charge in [0.15, 0.2) is 17.5 Å². The van der Waals surface area contributed by atoms with Crippen molar-refractivity contribution < 1.29 is 63.6 Å². The van der Waals surface area contributed by atoms with Crippen molar-refractivity contribution in [1.29, 1.82) is 0 Å². The van der Waals surface area contributed by atoms with E-state index in [4.69, 9.17) is 33.7 Å². The fourth-order valence-corrected chi connectivity index (χ4v) is 9.12. The van der Waals surface area contributed by atoms with Gasteiger partial charge >= 0.3 is 12.1 Å². The number of hydrogen-bond acceptors (Lipinski definition) is 15. The molecule has 6 rings (SSSR count). The highest BCUT2D eigenvalue weighted by Gasteiger charge is 2.50. The van der Waals surface area contributed by atoms with E-state index in [1.165, 1.54) is 33.3 Å². The summed E-state index contributed by atoms with van der Waals surface area (Å²) in [7, 11) is 1.47. The van der Waals surface area contributed by atoms with Crippen molar-refractivity contribution >= 4 is 34.4 Å². The molecule has 17 heteroatoms. The maximum Gasteiger partial charge on any atom is 0.409 e. The summed E-state index contributed by atoms with van der Waals surface area (Å²) in [6.07, 6.45) is 2.41. The quantitative estimate of drug-likeness (QED) is 0.180. The van der Waals surface area contributed by atoms with E-state index < -0.39 is 89.4 Å². The predicted molar refractivity (Wildman–Crippen MR) is 235 cm³/mol. The summed E-state index contributed by atoms with van der Waals surface area (Å²) in [5, 5.41) is 62.4. The molecule has 2 aromatic rings. The first-order chi connectivity index (χ1) is 30.1. The van der Waals surface area contributed by atoms with Crippen LogP contribution in [0.5, 0.6) is 17.2 Å². The highest BCUT2D eigenvalue weighted by Crippen LogP contribution is 2.54. The van der Waals surface area contributed by atoms with Crippen molar-refractivity contribution in [2.24, 2.45) is 39.6 Å². The molecule has 0 aliphatic carbocycles. The third-order valence-corrected chi connectivity index (χ3v) is 13.2. The van der Waals surface area contributed by atoms with Gasteiger partial charge in [-0.2, -0.15) is 0 Å². The molecule has 0 saturated carbocycles. The van der Waals surface area contributed by atoms with Gasteiger partial charge < -0.3 is 59.4 Å². The van der Waals surface area contributed by atoms with Gasteiger partial charge in [0.25, 0.3) is 11.7 Å². The Labute approximate surface area is 373 Å². The van der Waals surface area contributed by atoms with Gasteiger partial charge in [-0.3, -0.25) is 19.6 Å². The van der Waals surface area contributed by atoms with Crippen LogP contribution in [0.25, 0.3) is 10.8 Å². The number of benzene rings is 2. The molecule has 1 fully saturated rings. The van der Waals surface area contributed by atoms with Crippen molar-refractivity contribution in [3.05, 3.63) is 58.0 Å². The van der Waals surface area contributed by atoms with Crippen LogP contribution in [0.1, 0.15) is 92.4 Å². The van der Waals surface area contributed by atoms with Crippen LogP contribution in [0.4, 0.5) is 10.5 Å². The highest BCUT2D eigenvalue weighted by molar-refractivity contribution is 6.08. The molecule has 10 atom stereocenters. The number of aromatic hydroxyl groups is 2. The number of anilines is 1. The molecule has 1 saturated heterocycles. The van der Waals surface area contributed by atoms with Crippen LogP contribution in [0.3, 0.4) is 0 Å². The van der Waals surface area contributed by atoms with Gasteiger partial charge in [0.2, 0.25) is 0 Å². The summed E-state index contributed by atoms with van der Waals surface area (Å²) in [5.74, 6) is -6.11. The number of allylic oxidation sites excluding steroid dienone is 2. The van der Waals surface area contributed by atoms with Gasteiger partial charge in [0, 0.05) is 92.6 Å². The lowest BCUT2D eigenvalue weighted by Gasteiger charge is -2.38. The molecule has 4 aliphatic rings. The number of esters is 1. The Hall–Kier alpha value is -5.23. The largest absolute Gasteiger partial charge is 0.507 e. The molecule has 0 aromatic heterocycles. The smallest absolute Gasteiger partial charge is 0.409 e. The zero-order chi connectivity index (χ0) is 47.2. The lowest BCUT2D eigenvalue weighted by Crippen LogP contribution is -2.46. The molecule has 4 heterocycles. The van der Waals surface area contributed by atoms with E-state index in [-0.39, 0.29) is 93.8 Å². The number of amides is 2. The first kappa shape index (κ1) is 48.2. The predicted octanol–water partition coefficient (Wildman–Crippen LogP) is 4.74. The standard InChI is InChI=1S/C47H64N4O13/c1-22(2)21-61-45(59)51-18-16-47(17-19-51)49-34-31-32-39(55)28(8)42-33(31)43(57)46(10,64-42)62-20-15-30(60-11)25(5)41(63-29(9)52)27(7)38(54)26(6)37(53)23(3)13-12-14-24(4)44(58)48-36(40(32)56)35(34)50-47/h12-15,20,22-23,25-27,30,37-38,41,43,53-57H,16-19,21H2,1-11H3,(H,48,58)/b13-12-,20-15?,24-14?/t23-,25+,26+,27+,30-,37-,38+,41+,43?,46-/m0/s1. The Kier molecular flexibility index (Phi) is 14.1. The first-order valence-corrected chi connectivity index (χ1v) is 22.0. The Morgan fingerprint density at radius 1 is 0.953 bits per heavy atom. The van der Waals surface area contributed by atoms with Gasteiger partial charge in [0.1, 0.15) is 28.6 Å². The topological polar surface area (TPSA) is 238 Å². The number of aliphatic hydroxyl groups excluding tert-OH is 3. The molecule has 4 bridgehead atoms. The number of hydrogen-bond donors (Lipinski definition) is 6.